The summed E-state index contributed by atoms with van der Waals surface area (Å²) in [7, 11) is 0. The number of aryl methyl sites for hydroxylation is 1. The van der Waals surface area contributed by atoms with Crippen LogP contribution in [0, 0.1) is 6.92 Å². The van der Waals surface area contributed by atoms with E-state index in [4.69, 9.17) is 0 Å². The number of aliphatic imine (C=N–C) groups is 1. The Morgan fingerprint density at radius 1 is 1.11 bits per heavy atom. The van der Waals surface area contributed by atoms with E-state index in [0.717, 1.165) is 5.56 Å². The Kier molecular flexibility index (Phi) is 5.08. The van der Waals surface area contributed by atoms with Gasteiger partial charge in [0, 0.05) is 17.6 Å². The Hall–Kier alpha value is -1.64. The fraction of sp³-hybridized carbons (Fsp3) is 0.467. The third-order valence-electron chi connectivity index (χ3n) is 2.80. The van der Waals surface area contributed by atoms with Gasteiger partial charge in [-0.2, -0.15) is 4.99 Å². The molecule has 0 aliphatic rings. The minimum atomic E-state index is -0.193. The number of amides is 1. The van der Waals surface area contributed by atoms with Crippen molar-refractivity contribution in [2.45, 2.75) is 46.7 Å². The molecule has 0 saturated carbocycles. The summed E-state index contributed by atoms with van der Waals surface area (Å²) in [5, 5.41) is 0. The van der Waals surface area contributed by atoms with Crippen molar-refractivity contribution in [3.8, 4) is 0 Å². The van der Waals surface area contributed by atoms with Gasteiger partial charge in [-0.15, -0.1) is 0 Å². The van der Waals surface area contributed by atoms with Crippen LogP contribution in [-0.2, 0) is 0 Å². The monoisotopic (exact) mass is 246 g/mol. The zero-order valence-electron chi connectivity index (χ0n) is 11.8. The van der Waals surface area contributed by atoms with Gasteiger partial charge in [-0.1, -0.05) is 17.7 Å². The van der Waals surface area contributed by atoms with Crippen LogP contribution in [-0.4, -0.2) is 29.2 Å². The maximum Gasteiger partial charge on any atom is 0.278 e. The van der Waals surface area contributed by atoms with Crippen LogP contribution in [0.2, 0.25) is 0 Å². The summed E-state index contributed by atoms with van der Waals surface area (Å²) >= 11 is 0. The van der Waals surface area contributed by atoms with Crippen molar-refractivity contribution in [3.05, 3.63) is 35.4 Å². The van der Waals surface area contributed by atoms with Gasteiger partial charge >= 0.3 is 0 Å². The molecule has 1 amide bonds. The topological polar surface area (TPSA) is 32.7 Å². The minimum Gasteiger partial charge on any atom is -0.358 e. The van der Waals surface area contributed by atoms with Gasteiger partial charge < -0.3 is 4.90 Å². The second-order valence-corrected chi connectivity index (χ2v) is 5.05. The average molecular weight is 246 g/mol. The highest BCUT2D eigenvalue weighted by molar-refractivity contribution is 5.98. The van der Waals surface area contributed by atoms with Crippen molar-refractivity contribution in [1.82, 2.24) is 4.90 Å². The molecule has 3 nitrogen and oxygen atoms in total. The molecule has 1 rings (SSSR count). The summed E-state index contributed by atoms with van der Waals surface area (Å²) in [5.41, 5.74) is 1.77. The predicted molar refractivity (Wildman–Crippen MR) is 76.1 cm³/mol. The highest BCUT2D eigenvalue weighted by Gasteiger charge is 2.10. The zero-order chi connectivity index (χ0) is 13.7. The number of nitrogens with zero attached hydrogens (tertiary/aromatic N) is 2. The molecule has 18 heavy (non-hydrogen) atoms. The first kappa shape index (κ1) is 14.4. The van der Waals surface area contributed by atoms with Gasteiger partial charge in [0.1, 0.15) is 0 Å². The average Bonchev–Trinajstić information content (AvgIpc) is 2.28. The summed E-state index contributed by atoms with van der Waals surface area (Å²) in [4.78, 5) is 18.0. The van der Waals surface area contributed by atoms with Crippen LogP contribution in [0.15, 0.2) is 29.3 Å². The van der Waals surface area contributed by atoms with E-state index in [1.165, 1.54) is 0 Å². The van der Waals surface area contributed by atoms with Crippen LogP contribution < -0.4 is 0 Å². The van der Waals surface area contributed by atoms with Crippen LogP contribution in [0.1, 0.15) is 43.6 Å². The first-order valence-corrected chi connectivity index (χ1v) is 6.34. The molecule has 0 aromatic heterocycles. The zero-order valence-corrected chi connectivity index (χ0v) is 11.8. The van der Waals surface area contributed by atoms with Gasteiger partial charge in [-0.25, -0.2) is 0 Å². The fourth-order valence-electron chi connectivity index (χ4n) is 1.75. The summed E-state index contributed by atoms with van der Waals surface area (Å²) in [6, 6.07) is 8.13. The Morgan fingerprint density at radius 3 is 2.06 bits per heavy atom. The van der Waals surface area contributed by atoms with E-state index in [1.54, 1.807) is 6.34 Å². The molecule has 0 aliphatic carbocycles. The lowest BCUT2D eigenvalue weighted by Gasteiger charge is -2.27. The molecule has 0 bridgehead atoms. The number of rotatable bonds is 4. The lowest BCUT2D eigenvalue weighted by molar-refractivity contribution is 0.100. The number of hydrogen-bond donors (Lipinski definition) is 0. The van der Waals surface area contributed by atoms with Crippen LogP contribution >= 0.6 is 0 Å². The van der Waals surface area contributed by atoms with Crippen LogP contribution in [0.25, 0.3) is 0 Å². The summed E-state index contributed by atoms with van der Waals surface area (Å²) in [6.07, 6.45) is 1.65. The fourth-order valence-corrected chi connectivity index (χ4v) is 1.75. The first-order chi connectivity index (χ1) is 8.41. The lowest BCUT2D eigenvalue weighted by Crippen LogP contribution is -2.35. The third kappa shape index (κ3) is 3.99. The van der Waals surface area contributed by atoms with Gasteiger partial charge in [-0.05, 0) is 46.8 Å². The Labute approximate surface area is 110 Å². The molecular weight excluding hydrogens is 224 g/mol. The summed E-state index contributed by atoms with van der Waals surface area (Å²) < 4.78 is 0. The molecule has 3 heteroatoms. The smallest absolute Gasteiger partial charge is 0.278 e. The second-order valence-electron chi connectivity index (χ2n) is 5.05. The molecule has 0 radical (unpaired) electrons. The molecule has 0 atom stereocenters. The summed E-state index contributed by atoms with van der Waals surface area (Å²) in [6.45, 7) is 10.3. The Bertz CT molecular complexity index is 411. The van der Waals surface area contributed by atoms with Gasteiger partial charge in [0.15, 0.2) is 0 Å². The molecule has 1 aromatic rings. The van der Waals surface area contributed by atoms with E-state index in [0.29, 0.717) is 17.6 Å². The lowest BCUT2D eigenvalue weighted by atomic mass is 10.1. The number of carbonyl (C=O) groups excluding carboxylic acids is 1. The molecule has 0 saturated heterocycles. The van der Waals surface area contributed by atoms with Crippen molar-refractivity contribution in [2.24, 2.45) is 4.99 Å². The van der Waals surface area contributed by atoms with Crippen LogP contribution in [0.4, 0.5) is 0 Å². The van der Waals surface area contributed by atoms with Crippen molar-refractivity contribution in [2.75, 3.05) is 0 Å². The molecule has 98 valence electrons. The van der Waals surface area contributed by atoms with Gasteiger partial charge in [0.05, 0.1) is 6.34 Å². The van der Waals surface area contributed by atoms with Crippen LogP contribution in [0.5, 0.6) is 0 Å². The number of benzene rings is 1. The van der Waals surface area contributed by atoms with E-state index < -0.39 is 0 Å². The Morgan fingerprint density at radius 2 is 1.61 bits per heavy atom. The molecule has 0 heterocycles. The molecule has 1 aromatic carbocycles. The van der Waals surface area contributed by atoms with Crippen molar-refractivity contribution < 1.29 is 4.79 Å². The maximum atomic E-state index is 11.9. The largest absolute Gasteiger partial charge is 0.358 e. The molecule has 0 aliphatic heterocycles. The quantitative estimate of drug-likeness (QED) is 0.603. The Balaban J connectivity index is 2.77. The highest BCUT2D eigenvalue weighted by Crippen LogP contribution is 2.06. The van der Waals surface area contributed by atoms with Gasteiger partial charge in [0.2, 0.25) is 0 Å². The molecule has 0 spiro atoms. The first-order valence-electron chi connectivity index (χ1n) is 6.34. The van der Waals surface area contributed by atoms with E-state index >= 15 is 0 Å². The normalized spacial score (nSPS) is 11.5. The minimum absolute atomic E-state index is 0.193. The molecule has 0 fully saturated rings. The van der Waals surface area contributed by atoms with Crippen molar-refractivity contribution in [3.63, 3.8) is 0 Å². The number of carbonyl (C=O) groups is 1. The van der Waals surface area contributed by atoms with E-state index in [9.17, 15) is 4.79 Å². The van der Waals surface area contributed by atoms with E-state index in [1.807, 2.05) is 31.2 Å². The maximum absolute atomic E-state index is 11.9. The second kappa shape index (κ2) is 6.34. The summed E-state index contributed by atoms with van der Waals surface area (Å²) in [5.74, 6) is -0.193. The van der Waals surface area contributed by atoms with Crippen LogP contribution in [0.3, 0.4) is 0 Å². The standard InChI is InChI=1S/C15H22N2O/c1-11(2)17(12(3)4)10-16-15(18)14-8-6-13(5)7-9-14/h6-12H,1-5H3. The van der Waals surface area contributed by atoms with E-state index in [-0.39, 0.29) is 5.91 Å². The van der Waals surface area contributed by atoms with E-state index in [2.05, 4.69) is 37.6 Å². The molecule has 0 unspecified atom stereocenters. The third-order valence-corrected chi connectivity index (χ3v) is 2.80. The predicted octanol–water partition coefficient (Wildman–Crippen LogP) is 3.28. The SMILES string of the molecule is Cc1ccc(C(=O)N=CN(C(C)C)C(C)C)cc1. The van der Waals surface area contributed by atoms with Gasteiger partial charge in [0.25, 0.3) is 5.91 Å². The number of hydrogen-bond acceptors (Lipinski definition) is 1. The van der Waals surface area contributed by atoms with Gasteiger partial charge in [-0.3, -0.25) is 4.79 Å². The van der Waals surface area contributed by atoms with Crippen molar-refractivity contribution >= 4 is 12.2 Å². The molecular formula is C15H22N2O. The molecule has 0 N–H and O–H groups in total. The van der Waals surface area contributed by atoms with Crippen molar-refractivity contribution in [1.29, 1.82) is 0 Å². The highest BCUT2D eigenvalue weighted by atomic mass is 16.1.